The Hall–Kier alpha value is -4.97. The van der Waals surface area contributed by atoms with Gasteiger partial charge in [-0.15, -0.1) is 0 Å². The van der Waals surface area contributed by atoms with Gasteiger partial charge in [-0.3, -0.25) is 4.79 Å². The highest BCUT2D eigenvalue weighted by Gasteiger charge is 2.41. The molecule has 0 heterocycles. The minimum Gasteiger partial charge on any atom is -0.478 e. The lowest BCUT2D eigenvalue weighted by molar-refractivity contribution is -0.157. The third-order valence-corrected chi connectivity index (χ3v) is 5.03. The number of nitrogens with one attached hydrogen (secondary N) is 1. The van der Waals surface area contributed by atoms with Gasteiger partial charge in [0.25, 0.3) is 5.91 Å². The van der Waals surface area contributed by atoms with Crippen LogP contribution >= 0.6 is 0 Å². The van der Waals surface area contributed by atoms with Gasteiger partial charge in [-0.1, -0.05) is 35.4 Å². The second kappa shape index (κ2) is 11.4. The number of hydrogen-bond acceptors (Lipinski definition) is 7. The first-order chi connectivity index (χ1) is 17.2. The molecule has 0 saturated carbocycles. The van der Waals surface area contributed by atoms with Crippen LogP contribution in [0.1, 0.15) is 37.4 Å². The minimum absolute atomic E-state index is 0.0671. The number of hydrogen-bond donors (Lipinski definition) is 2. The number of nitriles is 1. The summed E-state index contributed by atoms with van der Waals surface area (Å²) in [6.45, 7) is 3.48. The summed E-state index contributed by atoms with van der Waals surface area (Å²) >= 11 is 0. The van der Waals surface area contributed by atoms with Crippen LogP contribution in [0.15, 0.2) is 72.8 Å². The average molecular weight is 486 g/mol. The average Bonchev–Trinajstić information content (AvgIpc) is 2.86. The zero-order valence-corrected chi connectivity index (χ0v) is 19.4. The number of aryl methyl sites for hydroxylation is 2. The molecule has 2 N–H and O–H groups in total. The number of amides is 1. The monoisotopic (exact) mass is 486 g/mol. The Bertz CT molecular complexity index is 1340. The molecule has 0 fully saturated rings. The van der Waals surface area contributed by atoms with Crippen LogP contribution in [0.4, 0.5) is 5.69 Å². The Morgan fingerprint density at radius 1 is 0.806 bits per heavy atom. The zero-order valence-electron chi connectivity index (χ0n) is 19.4. The molecule has 9 nitrogen and oxygen atoms in total. The summed E-state index contributed by atoms with van der Waals surface area (Å²) < 4.78 is 10.4. The first-order valence-corrected chi connectivity index (χ1v) is 10.8. The van der Waals surface area contributed by atoms with Crippen molar-refractivity contribution >= 4 is 29.5 Å². The van der Waals surface area contributed by atoms with Crippen molar-refractivity contribution in [1.29, 1.82) is 5.26 Å². The van der Waals surface area contributed by atoms with Gasteiger partial charge < -0.3 is 19.9 Å². The first kappa shape index (κ1) is 25.6. The van der Waals surface area contributed by atoms with E-state index in [1.54, 1.807) is 38.1 Å². The molecule has 0 unspecified atom stereocenters. The van der Waals surface area contributed by atoms with Gasteiger partial charge in [-0.05, 0) is 62.4 Å². The standard InChI is InChI=1S/C27H22N2O7/c1-16-5-3-7-19(13-16)26(33)35-22(24(30)29-21-11-9-18(15-28)10-12-21)23(25(31)32)36-27(34)20-8-4-6-17(2)14-20/h3-14,22-23H,1-2H3,(H,29,30)(H,31,32)/t22-,23+/m1/s1. The molecule has 0 aliphatic carbocycles. The van der Waals surface area contributed by atoms with E-state index < -0.39 is 36.0 Å². The van der Waals surface area contributed by atoms with Crippen molar-refractivity contribution in [3.05, 3.63) is 101 Å². The maximum absolute atomic E-state index is 13.1. The molecule has 0 aliphatic rings. The predicted molar refractivity (Wildman–Crippen MR) is 128 cm³/mol. The highest BCUT2D eigenvalue weighted by Crippen LogP contribution is 2.17. The van der Waals surface area contributed by atoms with Gasteiger partial charge in [0.05, 0.1) is 22.8 Å². The second-order valence-electron chi connectivity index (χ2n) is 7.91. The van der Waals surface area contributed by atoms with Gasteiger partial charge in [-0.2, -0.15) is 5.26 Å². The third kappa shape index (κ3) is 6.55. The number of esters is 2. The molecule has 182 valence electrons. The van der Waals surface area contributed by atoms with E-state index in [9.17, 15) is 24.3 Å². The Labute approximate surface area is 206 Å². The SMILES string of the molecule is Cc1cccc(C(=O)O[C@H](C(=O)O)[C@@H](OC(=O)c2cccc(C)c2)C(=O)Nc2ccc(C#N)cc2)c1. The van der Waals surface area contributed by atoms with Crippen LogP contribution in [0.2, 0.25) is 0 Å². The lowest BCUT2D eigenvalue weighted by Gasteiger charge is -2.23. The molecule has 3 aromatic rings. The Kier molecular flexibility index (Phi) is 8.15. The smallest absolute Gasteiger partial charge is 0.349 e. The Balaban J connectivity index is 1.92. The molecule has 9 heteroatoms. The minimum atomic E-state index is -2.15. The highest BCUT2D eigenvalue weighted by atomic mass is 16.6. The van der Waals surface area contributed by atoms with Crippen molar-refractivity contribution in [2.24, 2.45) is 0 Å². The number of ether oxygens (including phenoxy) is 2. The molecular weight excluding hydrogens is 464 g/mol. The number of nitrogens with zero attached hydrogens (tertiary/aromatic N) is 1. The summed E-state index contributed by atoms with van der Waals surface area (Å²) in [5.41, 5.74) is 2.18. The van der Waals surface area contributed by atoms with Crippen LogP contribution in [0.5, 0.6) is 0 Å². The molecule has 0 radical (unpaired) electrons. The summed E-state index contributed by atoms with van der Waals surface area (Å²) in [4.78, 5) is 50.7. The van der Waals surface area contributed by atoms with Crippen LogP contribution in [0.3, 0.4) is 0 Å². The van der Waals surface area contributed by atoms with Crippen LogP contribution in [0.25, 0.3) is 0 Å². The third-order valence-electron chi connectivity index (χ3n) is 5.03. The Morgan fingerprint density at radius 2 is 1.31 bits per heavy atom. The van der Waals surface area contributed by atoms with E-state index in [2.05, 4.69) is 5.32 Å². The van der Waals surface area contributed by atoms with Gasteiger partial charge in [0.2, 0.25) is 12.2 Å². The van der Waals surface area contributed by atoms with Crippen molar-refractivity contribution < 1.29 is 33.8 Å². The molecule has 0 aromatic heterocycles. The number of aliphatic carboxylic acids is 1. The van der Waals surface area contributed by atoms with E-state index in [1.807, 2.05) is 6.07 Å². The van der Waals surface area contributed by atoms with E-state index in [1.165, 1.54) is 48.5 Å². The number of rotatable bonds is 8. The van der Waals surface area contributed by atoms with Crippen molar-refractivity contribution in [1.82, 2.24) is 0 Å². The lowest BCUT2D eigenvalue weighted by atomic mass is 10.1. The summed E-state index contributed by atoms with van der Waals surface area (Å²) in [5.74, 6) is -4.71. The summed E-state index contributed by atoms with van der Waals surface area (Å²) in [7, 11) is 0. The van der Waals surface area contributed by atoms with Crippen molar-refractivity contribution in [2.75, 3.05) is 5.32 Å². The predicted octanol–water partition coefficient (Wildman–Crippen LogP) is 3.65. The van der Waals surface area contributed by atoms with E-state index in [0.29, 0.717) is 5.56 Å². The van der Waals surface area contributed by atoms with Gasteiger partial charge in [0, 0.05) is 5.69 Å². The van der Waals surface area contributed by atoms with Gasteiger partial charge in [0.15, 0.2) is 0 Å². The number of carboxylic acid groups (broad SMARTS) is 1. The van der Waals surface area contributed by atoms with E-state index in [-0.39, 0.29) is 16.8 Å². The van der Waals surface area contributed by atoms with E-state index >= 15 is 0 Å². The molecule has 0 saturated heterocycles. The molecule has 0 spiro atoms. The molecule has 0 bridgehead atoms. The fourth-order valence-electron chi connectivity index (χ4n) is 3.25. The molecule has 3 rings (SSSR count). The summed E-state index contributed by atoms with van der Waals surface area (Å²) in [5, 5.41) is 21.2. The maximum atomic E-state index is 13.1. The van der Waals surface area contributed by atoms with Gasteiger partial charge >= 0.3 is 17.9 Å². The number of carbonyl (C=O) groups is 4. The lowest BCUT2D eigenvalue weighted by Crippen LogP contribution is -2.48. The van der Waals surface area contributed by atoms with Gasteiger partial charge in [0.1, 0.15) is 0 Å². The van der Waals surface area contributed by atoms with Crippen LogP contribution in [-0.4, -0.2) is 41.1 Å². The number of carbonyl (C=O) groups excluding carboxylic acids is 3. The largest absolute Gasteiger partial charge is 0.478 e. The van der Waals surface area contributed by atoms with Crippen molar-refractivity contribution in [3.8, 4) is 6.07 Å². The van der Waals surface area contributed by atoms with Crippen molar-refractivity contribution in [3.63, 3.8) is 0 Å². The number of anilines is 1. The summed E-state index contributed by atoms with van der Waals surface area (Å²) in [6.07, 6.45) is -4.18. The Morgan fingerprint density at radius 3 is 1.75 bits per heavy atom. The zero-order chi connectivity index (χ0) is 26.2. The normalized spacial score (nSPS) is 11.9. The highest BCUT2D eigenvalue weighted by molar-refractivity contribution is 6.01. The summed E-state index contributed by atoms with van der Waals surface area (Å²) in [6, 6.07) is 20.2. The molecule has 2 atom stereocenters. The molecule has 36 heavy (non-hydrogen) atoms. The van der Waals surface area contributed by atoms with E-state index in [4.69, 9.17) is 14.7 Å². The van der Waals surface area contributed by atoms with Gasteiger partial charge in [-0.25, -0.2) is 14.4 Å². The fraction of sp³-hybridized carbons (Fsp3) is 0.148. The van der Waals surface area contributed by atoms with Crippen molar-refractivity contribution in [2.45, 2.75) is 26.1 Å². The fourth-order valence-corrected chi connectivity index (χ4v) is 3.25. The number of benzene rings is 3. The second-order valence-corrected chi connectivity index (χ2v) is 7.91. The van der Waals surface area contributed by atoms with E-state index in [0.717, 1.165) is 11.1 Å². The van der Waals surface area contributed by atoms with Crippen LogP contribution in [-0.2, 0) is 19.1 Å². The quantitative estimate of drug-likeness (QED) is 0.459. The first-order valence-electron chi connectivity index (χ1n) is 10.8. The topological polar surface area (TPSA) is 143 Å². The van der Waals surface area contributed by atoms with Crippen LogP contribution < -0.4 is 5.32 Å². The molecule has 3 aromatic carbocycles. The molecular formula is C27H22N2O7. The van der Waals surface area contributed by atoms with Crippen LogP contribution in [0, 0.1) is 25.2 Å². The maximum Gasteiger partial charge on any atom is 0.349 e. The molecule has 1 amide bonds. The number of carboxylic acids is 1. The molecule has 0 aliphatic heterocycles.